The minimum absolute atomic E-state index is 0.256. The maximum Gasteiger partial charge on any atom is 0.163 e. The summed E-state index contributed by atoms with van der Waals surface area (Å²) in [7, 11) is 0. The molecule has 0 aliphatic heterocycles. The van der Waals surface area contributed by atoms with Crippen LogP contribution in [0.15, 0.2) is 18.5 Å². The van der Waals surface area contributed by atoms with Crippen molar-refractivity contribution < 1.29 is 4.79 Å². The summed E-state index contributed by atoms with van der Waals surface area (Å²) < 4.78 is 0. The number of aryl methyl sites for hydroxylation is 1. The Kier molecular flexibility index (Phi) is 4.30. The van der Waals surface area contributed by atoms with Crippen molar-refractivity contribution in [1.29, 1.82) is 0 Å². The monoisotopic (exact) mass is 191 g/mol. The average Bonchev–Trinajstić information content (AvgIpc) is 2.25. The highest BCUT2D eigenvalue weighted by Crippen LogP contribution is 2.12. The van der Waals surface area contributed by atoms with E-state index in [4.69, 9.17) is 0 Å². The number of nitrogens with zero attached hydrogens (tertiary/aromatic N) is 1. The molecule has 0 saturated carbocycles. The van der Waals surface area contributed by atoms with E-state index < -0.39 is 0 Å². The molecule has 0 amide bonds. The molecule has 1 rings (SSSR count). The van der Waals surface area contributed by atoms with Crippen LogP contribution in [0.5, 0.6) is 0 Å². The van der Waals surface area contributed by atoms with Crippen LogP contribution >= 0.6 is 0 Å². The third-order valence-electron chi connectivity index (χ3n) is 2.34. The second-order valence-corrected chi connectivity index (χ2v) is 3.41. The number of rotatable bonds is 5. The highest BCUT2D eigenvalue weighted by atomic mass is 16.1. The molecule has 76 valence electrons. The summed E-state index contributed by atoms with van der Waals surface area (Å²) in [6.45, 7) is 4.15. The molecule has 0 aliphatic rings. The van der Waals surface area contributed by atoms with Crippen LogP contribution in [0.1, 0.15) is 49.0 Å². The van der Waals surface area contributed by atoms with E-state index in [-0.39, 0.29) is 5.78 Å². The first kappa shape index (κ1) is 10.9. The lowest BCUT2D eigenvalue weighted by Gasteiger charge is -2.04. The van der Waals surface area contributed by atoms with Crippen molar-refractivity contribution in [3.8, 4) is 0 Å². The van der Waals surface area contributed by atoms with Crippen molar-refractivity contribution in [2.24, 2.45) is 0 Å². The molecule has 0 atom stereocenters. The van der Waals surface area contributed by atoms with Crippen LogP contribution in [0.25, 0.3) is 0 Å². The summed E-state index contributed by atoms with van der Waals surface area (Å²) in [5.41, 5.74) is 1.92. The number of pyridine rings is 1. The summed E-state index contributed by atoms with van der Waals surface area (Å²) in [6.07, 6.45) is 7.06. The Bertz CT molecular complexity index is 307. The van der Waals surface area contributed by atoms with Gasteiger partial charge in [-0.25, -0.2) is 0 Å². The van der Waals surface area contributed by atoms with Gasteiger partial charge >= 0.3 is 0 Å². The number of hydrogen-bond donors (Lipinski definition) is 0. The second kappa shape index (κ2) is 5.53. The molecule has 0 aromatic carbocycles. The zero-order chi connectivity index (χ0) is 10.4. The molecule has 0 saturated heterocycles. The first-order chi connectivity index (χ1) is 6.79. The van der Waals surface area contributed by atoms with Crippen LogP contribution in [0.3, 0.4) is 0 Å². The molecule has 1 aromatic rings. The summed E-state index contributed by atoms with van der Waals surface area (Å²) >= 11 is 0. The molecule has 14 heavy (non-hydrogen) atoms. The lowest BCUT2D eigenvalue weighted by atomic mass is 10.0. The van der Waals surface area contributed by atoms with Crippen molar-refractivity contribution in [2.45, 2.75) is 39.5 Å². The summed E-state index contributed by atoms with van der Waals surface area (Å²) in [5, 5.41) is 0. The molecular weight excluding hydrogens is 174 g/mol. The van der Waals surface area contributed by atoms with Gasteiger partial charge in [0.05, 0.1) is 0 Å². The second-order valence-electron chi connectivity index (χ2n) is 3.41. The number of aromatic nitrogens is 1. The normalized spacial score (nSPS) is 10.1. The van der Waals surface area contributed by atoms with Crippen LogP contribution < -0.4 is 0 Å². The highest BCUT2D eigenvalue weighted by Gasteiger charge is 2.08. The van der Waals surface area contributed by atoms with Crippen LogP contribution in [0, 0.1) is 0 Å². The van der Waals surface area contributed by atoms with E-state index in [0.29, 0.717) is 6.42 Å². The number of carbonyl (C=O) groups excluding carboxylic acids is 1. The van der Waals surface area contributed by atoms with Gasteiger partial charge in [0.2, 0.25) is 0 Å². The zero-order valence-corrected chi connectivity index (χ0v) is 8.92. The Balaban J connectivity index is 2.78. The number of ketones is 1. The van der Waals surface area contributed by atoms with Crippen molar-refractivity contribution in [1.82, 2.24) is 4.98 Å². The minimum Gasteiger partial charge on any atom is -0.294 e. The average molecular weight is 191 g/mol. The smallest absolute Gasteiger partial charge is 0.163 e. The van der Waals surface area contributed by atoms with Gasteiger partial charge in [-0.1, -0.05) is 20.3 Å². The standard InChI is InChI=1S/C12H17NO/c1-3-5-6-12(14)11-7-8-13-9-10(11)4-2/h7-9H,3-6H2,1-2H3. The maximum absolute atomic E-state index is 11.8. The first-order valence-corrected chi connectivity index (χ1v) is 5.25. The lowest BCUT2D eigenvalue weighted by Crippen LogP contribution is -2.03. The fourth-order valence-corrected chi connectivity index (χ4v) is 1.45. The van der Waals surface area contributed by atoms with E-state index in [9.17, 15) is 4.79 Å². The Hall–Kier alpha value is -1.18. The fraction of sp³-hybridized carbons (Fsp3) is 0.500. The Morgan fingerprint density at radius 3 is 2.86 bits per heavy atom. The molecule has 2 heteroatoms. The van der Waals surface area contributed by atoms with Crippen molar-refractivity contribution >= 4 is 5.78 Å². The summed E-state index contributed by atoms with van der Waals surface area (Å²) in [5.74, 6) is 0.256. The number of carbonyl (C=O) groups is 1. The van der Waals surface area contributed by atoms with Gasteiger partial charge in [0, 0.05) is 24.4 Å². The topological polar surface area (TPSA) is 30.0 Å². The quantitative estimate of drug-likeness (QED) is 0.670. The van der Waals surface area contributed by atoms with E-state index in [1.807, 2.05) is 13.0 Å². The molecule has 0 unspecified atom stereocenters. The molecule has 0 bridgehead atoms. The predicted molar refractivity (Wildman–Crippen MR) is 57.5 cm³/mol. The molecule has 0 aliphatic carbocycles. The van der Waals surface area contributed by atoms with Gasteiger partial charge in [-0.05, 0) is 24.5 Å². The predicted octanol–water partition coefficient (Wildman–Crippen LogP) is 3.02. The number of Topliss-reactive ketones (excluding diaryl/α,β-unsaturated/α-hetero) is 1. The third kappa shape index (κ3) is 2.66. The molecule has 0 spiro atoms. The van der Waals surface area contributed by atoms with Gasteiger partial charge in [-0.2, -0.15) is 0 Å². The van der Waals surface area contributed by atoms with E-state index in [0.717, 1.165) is 30.4 Å². The number of hydrogen-bond acceptors (Lipinski definition) is 2. The first-order valence-electron chi connectivity index (χ1n) is 5.25. The maximum atomic E-state index is 11.8. The van der Waals surface area contributed by atoms with E-state index in [2.05, 4.69) is 11.9 Å². The summed E-state index contributed by atoms with van der Waals surface area (Å²) in [4.78, 5) is 15.8. The largest absolute Gasteiger partial charge is 0.294 e. The minimum atomic E-state index is 0.256. The van der Waals surface area contributed by atoms with E-state index in [1.165, 1.54) is 0 Å². The molecule has 0 N–H and O–H groups in total. The van der Waals surface area contributed by atoms with Gasteiger partial charge < -0.3 is 0 Å². The molecule has 0 fully saturated rings. The molecule has 1 heterocycles. The van der Waals surface area contributed by atoms with Gasteiger partial charge in [0.15, 0.2) is 5.78 Å². The van der Waals surface area contributed by atoms with Crippen LogP contribution in [0.2, 0.25) is 0 Å². The van der Waals surface area contributed by atoms with Crippen molar-refractivity contribution in [3.05, 3.63) is 29.6 Å². The molecule has 1 aromatic heterocycles. The van der Waals surface area contributed by atoms with Crippen LogP contribution in [-0.2, 0) is 6.42 Å². The third-order valence-corrected chi connectivity index (χ3v) is 2.34. The van der Waals surface area contributed by atoms with Crippen LogP contribution in [0.4, 0.5) is 0 Å². The zero-order valence-electron chi connectivity index (χ0n) is 8.92. The Morgan fingerprint density at radius 2 is 2.21 bits per heavy atom. The molecular formula is C12H17NO. The van der Waals surface area contributed by atoms with Crippen molar-refractivity contribution in [2.75, 3.05) is 0 Å². The van der Waals surface area contributed by atoms with Gasteiger partial charge in [-0.3, -0.25) is 9.78 Å². The van der Waals surface area contributed by atoms with Crippen molar-refractivity contribution in [3.63, 3.8) is 0 Å². The van der Waals surface area contributed by atoms with Gasteiger partial charge in [0.1, 0.15) is 0 Å². The van der Waals surface area contributed by atoms with Gasteiger partial charge in [-0.15, -0.1) is 0 Å². The SMILES string of the molecule is CCCCC(=O)c1ccncc1CC. The van der Waals surface area contributed by atoms with Crippen LogP contribution in [-0.4, -0.2) is 10.8 Å². The van der Waals surface area contributed by atoms with Gasteiger partial charge in [0.25, 0.3) is 0 Å². The van der Waals surface area contributed by atoms with E-state index in [1.54, 1.807) is 12.4 Å². The molecule has 2 nitrogen and oxygen atoms in total. The Morgan fingerprint density at radius 1 is 1.43 bits per heavy atom. The molecule has 0 radical (unpaired) electrons. The Labute approximate surface area is 85.4 Å². The summed E-state index contributed by atoms with van der Waals surface area (Å²) in [6, 6.07) is 1.83. The lowest BCUT2D eigenvalue weighted by molar-refractivity contribution is 0.0979. The number of unbranched alkanes of at least 4 members (excludes halogenated alkanes) is 1. The fourth-order valence-electron chi connectivity index (χ4n) is 1.45. The highest BCUT2D eigenvalue weighted by molar-refractivity contribution is 5.97. The van der Waals surface area contributed by atoms with E-state index >= 15 is 0 Å².